The Morgan fingerprint density at radius 3 is 2.62 bits per heavy atom. The standard InChI is InChI=1S/C14H15N3O3S/c15-6-10-4-2-1-3-9(10)5-12(18)16-7-13-17-11(8-21-13)14(19)20/h1-4,8H,5-7,15H2,(H,16,18)(H,19,20). The number of carbonyl (C=O) groups is 2. The Morgan fingerprint density at radius 2 is 2.00 bits per heavy atom. The number of hydrogen-bond donors (Lipinski definition) is 3. The lowest BCUT2D eigenvalue weighted by Crippen LogP contribution is -2.25. The van der Waals surface area contributed by atoms with Crippen LogP contribution >= 0.6 is 11.3 Å². The van der Waals surface area contributed by atoms with Crippen molar-refractivity contribution in [3.05, 3.63) is 51.5 Å². The van der Waals surface area contributed by atoms with Crippen molar-refractivity contribution >= 4 is 23.2 Å². The van der Waals surface area contributed by atoms with E-state index in [1.54, 1.807) is 0 Å². The molecule has 6 nitrogen and oxygen atoms in total. The largest absolute Gasteiger partial charge is 0.476 e. The Balaban J connectivity index is 1.91. The highest BCUT2D eigenvalue weighted by atomic mass is 32.1. The van der Waals surface area contributed by atoms with Crippen LogP contribution in [-0.2, 0) is 24.3 Å². The first-order valence-corrected chi connectivity index (χ1v) is 7.19. The van der Waals surface area contributed by atoms with Gasteiger partial charge in [0.15, 0.2) is 5.69 Å². The maximum Gasteiger partial charge on any atom is 0.355 e. The Labute approximate surface area is 125 Å². The van der Waals surface area contributed by atoms with E-state index in [1.165, 1.54) is 16.7 Å². The topological polar surface area (TPSA) is 105 Å². The van der Waals surface area contributed by atoms with Gasteiger partial charge < -0.3 is 16.2 Å². The van der Waals surface area contributed by atoms with Gasteiger partial charge in [-0.2, -0.15) is 0 Å². The molecule has 0 aliphatic carbocycles. The highest BCUT2D eigenvalue weighted by molar-refractivity contribution is 7.09. The fourth-order valence-electron chi connectivity index (χ4n) is 1.83. The van der Waals surface area contributed by atoms with Crippen molar-refractivity contribution in [2.75, 3.05) is 0 Å². The fourth-order valence-corrected chi connectivity index (χ4v) is 2.54. The highest BCUT2D eigenvalue weighted by Crippen LogP contribution is 2.11. The number of thiazole rings is 1. The summed E-state index contributed by atoms with van der Waals surface area (Å²) < 4.78 is 0. The Morgan fingerprint density at radius 1 is 1.29 bits per heavy atom. The Bertz CT molecular complexity index is 654. The smallest absolute Gasteiger partial charge is 0.355 e. The molecule has 1 aromatic carbocycles. The first-order chi connectivity index (χ1) is 10.1. The van der Waals surface area contributed by atoms with Crippen LogP contribution in [0.3, 0.4) is 0 Å². The van der Waals surface area contributed by atoms with Crippen LogP contribution in [-0.4, -0.2) is 22.0 Å². The number of hydrogen-bond acceptors (Lipinski definition) is 5. The zero-order chi connectivity index (χ0) is 15.2. The number of aromatic carboxylic acids is 1. The van der Waals surface area contributed by atoms with Gasteiger partial charge in [-0.25, -0.2) is 9.78 Å². The van der Waals surface area contributed by atoms with Crippen LogP contribution in [0.2, 0.25) is 0 Å². The first-order valence-electron chi connectivity index (χ1n) is 6.31. The van der Waals surface area contributed by atoms with Crippen molar-refractivity contribution in [2.45, 2.75) is 19.5 Å². The highest BCUT2D eigenvalue weighted by Gasteiger charge is 2.10. The quantitative estimate of drug-likeness (QED) is 0.742. The van der Waals surface area contributed by atoms with Gasteiger partial charge in [0.2, 0.25) is 5.91 Å². The lowest BCUT2D eigenvalue weighted by atomic mass is 10.0. The molecule has 0 saturated heterocycles. The van der Waals surface area contributed by atoms with E-state index < -0.39 is 5.97 Å². The fraction of sp³-hybridized carbons (Fsp3) is 0.214. The summed E-state index contributed by atoms with van der Waals surface area (Å²) in [6, 6.07) is 7.50. The van der Waals surface area contributed by atoms with Gasteiger partial charge in [-0.3, -0.25) is 4.79 Å². The Kier molecular flexibility index (Phi) is 5.02. The number of benzene rings is 1. The summed E-state index contributed by atoms with van der Waals surface area (Å²) in [5.41, 5.74) is 7.46. The van der Waals surface area contributed by atoms with E-state index in [0.29, 0.717) is 11.6 Å². The second kappa shape index (κ2) is 6.96. The van der Waals surface area contributed by atoms with Crippen LogP contribution in [0.1, 0.15) is 26.6 Å². The molecule has 0 saturated carbocycles. The first kappa shape index (κ1) is 15.1. The molecule has 0 aliphatic rings. The predicted octanol–water partition coefficient (Wildman–Crippen LogP) is 1.16. The molecule has 2 rings (SSSR count). The monoisotopic (exact) mass is 305 g/mol. The lowest BCUT2D eigenvalue weighted by molar-refractivity contribution is -0.120. The minimum absolute atomic E-state index is 0.00211. The number of rotatable bonds is 6. The number of nitrogens with zero attached hydrogens (tertiary/aromatic N) is 1. The number of carbonyl (C=O) groups excluding carboxylic acids is 1. The molecule has 7 heteroatoms. The molecular formula is C14H15N3O3S. The second-order valence-electron chi connectivity index (χ2n) is 4.36. The van der Waals surface area contributed by atoms with Gasteiger partial charge in [0.1, 0.15) is 5.01 Å². The summed E-state index contributed by atoms with van der Waals surface area (Å²) in [7, 11) is 0. The van der Waals surface area contributed by atoms with E-state index in [0.717, 1.165) is 11.1 Å². The summed E-state index contributed by atoms with van der Waals surface area (Å²) >= 11 is 1.21. The van der Waals surface area contributed by atoms with E-state index >= 15 is 0 Å². The van der Waals surface area contributed by atoms with E-state index in [9.17, 15) is 9.59 Å². The van der Waals surface area contributed by atoms with Gasteiger partial charge >= 0.3 is 5.97 Å². The van der Waals surface area contributed by atoms with E-state index in [-0.39, 0.29) is 24.6 Å². The predicted molar refractivity (Wildman–Crippen MR) is 79.0 cm³/mol. The summed E-state index contributed by atoms with van der Waals surface area (Å²) in [5, 5.41) is 13.5. The average molecular weight is 305 g/mol. The number of nitrogens with two attached hydrogens (primary N) is 1. The normalized spacial score (nSPS) is 10.3. The molecular weight excluding hydrogens is 290 g/mol. The Hall–Kier alpha value is -2.25. The maximum atomic E-state index is 11.9. The molecule has 110 valence electrons. The summed E-state index contributed by atoms with van der Waals surface area (Å²) in [5.74, 6) is -1.22. The molecule has 1 heterocycles. The number of nitrogens with one attached hydrogen (secondary N) is 1. The summed E-state index contributed by atoms with van der Waals surface area (Å²) in [6.45, 7) is 0.611. The van der Waals surface area contributed by atoms with Crippen LogP contribution < -0.4 is 11.1 Å². The van der Waals surface area contributed by atoms with Crippen LogP contribution in [0.5, 0.6) is 0 Å². The van der Waals surface area contributed by atoms with Gasteiger partial charge in [-0.1, -0.05) is 24.3 Å². The second-order valence-corrected chi connectivity index (χ2v) is 5.30. The van der Waals surface area contributed by atoms with Crippen molar-refractivity contribution in [1.29, 1.82) is 0 Å². The molecule has 21 heavy (non-hydrogen) atoms. The molecule has 0 atom stereocenters. The van der Waals surface area contributed by atoms with Gasteiger partial charge in [0, 0.05) is 11.9 Å². The van der Waals surface area contributed by atoms with Gasteiger partial charge in [0.05, 0.1) is 13.0 Å². The molecule has 1 aromatic heterocycles. The van der Waals surface area contributed by atoms with Crippen molar-refractivity contribution in [3.8, 4) is 0 Å². The maximum absolute atomic E-state index is 11.9. The van der Waals surface area contributed by atoms with Gasteiger partial charge in [0.25, 0.3) is 0 Å². The summed E-state index contributed by atoms with van der Waals surface area (Å²) in [4.78, 5) is 26.5. The molecule has 0 bridgehead atoms. The molecule has 0 fully saturated rings. The minimum atomic E-state index is -1.07. The number of aromatic nitrogens is 1. The van der Waals surface area contributed by atoms with Crippen molar-refractivity contribution in [2.24, 2.45) is 5.73 Å². The zero-order valence-electron chi connectivity index (χ0n) is 11.2. The molecule has 0 spiro atoms. The van der Waals surface area contributed by atoms with Crippen LogP contribution in [0.25, 0.3) is 0 Å². The SMILES string of the molecule is NCc1ccccc1CC(=O)NCc1nc(C(=O)O)cs1. The van der Waals surface area contributed by atoms with Crippen molar-refractivity contribution in [1.82, 2.24) is 10.3 Å². The number of amides is 1. The van der Waals surface area contributed by atoms with Crippen molar-refractivity contribution < 1.29 is 14.7 Å². The molecule has 1 amide bonds. The van der Waals surface area contributed by atoms with Crippen molar-refractivity contribution in [3.63, 3.8) is 0 Å². The third-order valence-corrected chi connectivity index (χ3v) is 3.75. The molecule has 0 unspecified atom stereocenters. The summed E-state index contributed by atoms with van der Waals surface area (Å²) in [6.07, 6.45) is 0.241. The minimum Gasteiger partial charge on any atom is -0.476 e. The van der Waals surface area contributed by atoms with Gasteiger partial charge in [-0.15, -0.1) is 11.3 Å². The third kappa shape index (κ3) is 4.11. The number of carboxylic acid groups (broad SMARTS) is 1. The average Bonchev–Trinajstić information content (AvgIpc) is 2.95. The molecule has 2 aromatic rings. The third-order valence-electron chi connectivity index (χ3n) is 2.90. The van der Waals surface area contributed by atoms with Crippen LogP contribution in [0.4, 0.5) is 0 Å². The van der Waals surface area contributed by atoms with E-state index in [1.807, 2.05) is 24.3 Å². The van der Waals surface area contributed by atoms with E-state index in [4.69, 9.17) is 10.8 Å². The van der Waals surface area contributed by atoms with Crippen LogP contribution in [0, 0.1) is 0 Å². The van der Waals surface area contributed by atoms with Crippen LogP contribution in [0.15, 0.2) is 29.6 Å². The zero-order valence-corrected chi connectivity index (χ0v) is 12.0. The van der Waals surface area contributed by atoms with Gasteiger partial charge in [-0.05, 0) is 11.1 Å². The lowest BCUT2D eigenvalue weighted by Gasteiger charge is -2.07. The molecule has 0 aliphatic heterocycles. The van der Waals surface area contributed by atoms with E-state index in [2.05, 4.69) is 10.3 Å². The molecule has 0 radical (unpaired) electrons. The number of carboxylic acids is 1. The molecule has 4 N–H and O–H groups in total.